The van der Waals surface area contributed by atoms with Gasteiger partial charge >= 0.3 is 0 Å². The van der Waals surface area contributed by atoms with E-state index < -0.39 is 0 Å². The van der Waals surface area contributed by atoms with E-state index in [-0.39, 0.29) is 6.61 Å². The van der Waals surface area contributed by atoms with Crippen LogP contribution in [0.3, 0.4) is 0 Å². The van der Waals surface area contributed by atoms with E-state index in [2.05, 4.69) is 16.4 Å². The molecule has 0 aliphatic carbocycles. The molecule has 0 aliphatic rings. The number of thioether (sulfide) groups is 1. The van der Waals surface area contributed by atoms with Gasteiger partial charge in [-0.05, 0) is 23.8 Å². The Kier molecular flexibility index (Phi) is 5.50. The van der Waals surface area contributed by atoms with Crippen LogP contribution in [-0.4, -0.2) is 29.5 Å². The van der Waals surface area contributed by atoms with Crippen LogP contribution < -0.4 is 5.32 Å². The number of aliphatic hydroxyl groups excluding tert-OH is 1. The average Bonchev–Trinajstić information content (AvgIpc) is 2.29. The summed E-state index contributed by atoms with van der Waals surface area (Å²) in [4.78, 5) is 4.29. The van der Waals surface area contributed by atoms with Crippen molar-refractivity contribution in [1.82, 2.24) is 4.98 Å². The van der Waals surface area contributed by atoms with Crippen molar-refractivity contribution in [2.75, 3.05) is 24.7 Å². The van der Waals surface area contributed by atoms with E-state index in [1.807, 2.05) is 38.0 Å². The van der Waals surface area contributed by atoms with Gasteiger partial charge in [-0.1, -0.05) is 6.92 Å². The molecule has 4 heteroatoms. The first-order valence-electron chi connectivity index (χ1n) is 5.07. The Morgan fingerprint density at radius 3 is 3.07 bits per heavy atom. The van der Waals surface area contributed by atoms with Gasteiger partial charge in [0.1, 0.15) is 0 Å². The van der Waals surface area contributed by atoms with Crippen molar-refractivity contribution in [2.24, 2.45) is 5.92 Å². The fourth-order valence-corrected chi connectivity index (χ4v) is 2.12. The predicted molar refractivity (Wildman–Crippen MR) is 66.2 cm³/mol. The lowest BCUT2D eigenvalue weighted by atomic mass is 10.2. The first kappa shape index (κ1) is 12.3. The zero-order valence-corrected chi connectivity index (χ0v) is 10.0. The third kappa shape index (κ3) is 4.53. The molecule has 0 amide bonds. The van der Waals surface area contributed by atoms with Crippen LogP contribution in [0.2, 0.25) is 0 Å². The SMILES string of the molecule is CNc1ccnc(CSCC(C)CO)c1. The highest BCUT2D eigenvalue weighted by atomic mass is 32.2. The van der Waals surface area contributed by atoms with E-state index in [9.17, 15) is 0 Å². The lowest BCUT2D eigenvalue weighted by molar-refractivity contribution is 0.250. The molecule has 2 N–H and O–H groups in total. The highest BCUT2D eigenvalue weighted by molar-refractivity contribution is 7.98. The molecular formula is C11H18N2OS. The van der Waals surface area contributed by atoms with Crippen LogP contribution in [0, 0.1) is 5.92 Å². The lowest BCUT2D eigenvalue weighted by Crippen LogP contribution is -2.03. The van der Waals surface area contributed by atoms with E-state index in [4.69, 9.17) is 5.11 Å². The van der Waals surface area contributed by atoms with Crippen molar-refractivity contribution in [3.63, 3.8) is 0 Å². The predicted octanol–water partition coefficient (Wildman–Crippen LogP) is 1.98. The molecule has 0 bridgehead atoms. The second-order valence-electron chi connectivity index (χ2n) is 3.59. The van der Waals surface area contributed by atoms with Gasteiger partial charge in [0, 0.05) is 31.3 Å². The minimum atomic E-state index is 0.261. The van der Waals surface area contributed by atoms with Crippen LogP contribution in [-0.2, 0) is 5.75 Å². The van der Waals surface area contributed by atoms with Crippen LogP contribution in [0.4, 0.5) is 5.69 Å². The number of nitrogens with one attached hydrogen (secondary N) is 1. The molecule has 1 atom stereocenters. The summed E-state index contributed by atoms with van der Waals surface area (Å²) in [5.74, 6) is 2.24. The van der Waals surface area contributed by atoms with Crippen LogP contribution in [0.5, 0.6) is 0 Å². The van der Waals surface area contributed by atoms with E-state index in [0.717, 1.165) is 22.9 Å². The van der Waals surface area contributed by atoms with Gasteiger partial charge in [-0.25, -0.2) is 0 Å². The molecule has 1 unspecified atom stereocenters. The second-order valence-corrected chi connectivity index (χ2v) is 4.62. The Bertz CT molecular complexity index is 294. The smallest absolute Gasteiger partial charge is 0.0523 e. The Balaban J connectivity index is 2.37. The number of anilines is 1. The first-order chi connectivity index (χ1) is 7.26. The van der Waals surface area contributed by atoms with Crippen molar-refractivity contribution in [1.29, 1.82) is 0 Å². The van der Waals surface area contributed by atoms with E-state index >= 15 is 0 Å². The normalized spacial score (nSPS) is 12.5. The Labute approximate surface area is 95.3 Å². The molecule has 15 heavy (non-hydrogen) atoms. The third-order valence-electron chi connectivity index (χ3n) is 2.07. The maximum Gasteiger partial charge on any atom is 0.0523 e. The van der Waals surface area contributed by atoms with Gasteiger partial charge in [-0.15, -0.1) is 0 Å². The number of rotatable bonds is 6. The lowest BCUT2D eigenvalue weighted by Gasteiger charge is -2.07. The quantitative estimate of drug-likeness (QED) is 0.778. The summed E-state index contributed by atoms with van der Waals surface area (Å²) in [5, 5.41) is 12.0. The topological polar surface area (TPSA) is 45.2 Å². The second kappa shape index (κ2) is 6.69. The van der Waals surface area contributed by atoms with Crippen LogP contribution in [0.15, 0.2) is 18.3 Å². The standard InChI is InChI=1S/C11H18N2OS/c1-9(6-14)7-15-8-11-5-10(12-2)3-4-13-11/h3-5,9,14H,6-8H2,1-2H3,(H,12,13). The zero-order chi connectivity index (χ0) is 11.1. The molecular weight excluding hydrogens is 208 g/mol. The summed E-state index contributed by atoms with van der Waals surface area (Å²) < 4.78 is 0. The van der Waals surface area contributed by atoms with Gasteiger partial charge in [-0.3, -0.25) is 4.98 Å². The van der Waals surface area contributed by atoms with Crippen molar-refractivity contribution in [3.8, 4) is 0 Å². The Morgan fingerprint density at radius 2 is 2.40 bits per heavy atom. The van der Waals surface area contributed by atoms with Crippen molar-refractivity contribution >= 4 is 17.4 Å². The van der Waals surface area contributed by atoms with E-state index in [1.165, 1.54) is 0 Å². The summed E-state index contributed by atoms with van der Waals surface area (Å²) in [6.07, 6.45) is 1.82. The van der Waals surface area contributed by atoms with Gasteiger partial charge in [0.15, 0.2) is 0 Å². The molecule has 3 nitrogen and oxygen atoms in total. The number of aromatic nitrogens is 1. The highest BCUT2D eigenvalue weighted by Gasteiger charge is 2.01. The largest absolute Gasteiger partial charge is 0.396 e. The summed E-state index contributed by atoms with van der Waals surface area (Å²) in [5.41, 5.74) is 2.17. The van der Waals surface area contributed by atoms with Gasteiger partial charge < -0.3 is 10.4 Å². The number of pyridine rings is 1. The third-order valence-corrected chi connectivity index (χ3v) is 3.37. The highest BCUT2D eigenvalue weighted by Crippen LogP contribution is 2.16. The number of aliphatic hydroxyl groups is 1. The van der Waals surface area contributed by atoms with Crippen LogP contribution in [0.25, 0.3) is 0 Å². The maximum atomic E-state index is 8.88. The average molecular weight is 226 g/mol. The molecule has 1 rings (SSSR count). The molecule has 0 fully saturated rings. The summed E-state index contributed by atoms with van der Waals surface area (Å²) in [6, 6.07) is 4.00. The fraction of sp³-hybridized carbons (Fsp3) is 0.545. The molecule has 0 aliphatic heterocycles. The Hall–Kier alpha value is -0.740. The molecule has 0 spiro atoms. The van der Waals surface area contributed by atoms with Gasteiger partial charge in [-0.2, -0.15) is 11.8 Å². The van der Waals surface area contributed by atoms with E-state index in [1.54, 1.807) is 0 Å². The van der Waals surface area contributed by atoms with Gasteiger partial charge in [0.25, 0.3) is 0 Å². The van der Waals surface area contributed by atoms with Crippen molar-refractivity contribution in [3.05, 3.63) is 24.0 Å². The molecule has 0 radical (unpaired) electrons. The molecule has 0 saturated carbocycles. The molecule has 1 aromatic heterocycles. The van der Waals surface area contributed by atoms with Crippen molar-refractivity contribution < 1.29 is 5.11 Å². The number of nitrogens with zero attached hydrogens (tertiary/aromatic N) is 1. The van der Waals surface area contributed by atoms with Crippen LogP contribution >= 0.6 is 11.8 Å². The molecule has 1 aromatic rings. The minimum absolute atomic E-state index is 0.261. The summed E-state index contributed by atoms with van der Waals surface area (Å²) >= 11 is 1.81. The number of hydrogen-bond donors (Lipinski definition) is 2. The fourth-order valence-electron chi connectivity index (χ4n) is 1.13. The monoisotopic (exact) mass is 226 g/mol. The van der Waals surface area contributed by atoms with Crippen LogP contribution in [0.1, 0.15) is 12.6 Å². The minimum Gasteiger partial charge on any atom is -0.396 e. The molecule has 0 aromatic carbocycles. The maximum absolute atomic E-state index is 8.88. The Morgan fingerprint density at radius 1 is 1.60 bits per heavy atom. The van der Waals surface area contributed by atoms with Gasteiger partial charge in [0.2, 0.25) is 0 Å². The summed E-state index contributed by atoms with van der Waals surface area (Å²) in [6.45, 7) is 2.31. The van der Waals surface area contributed by atoms with Crippen molar-refractivity contribution in [2.45, 2.75) is 12.7 Å². The summed E-state index contributed by atoms with van der Waals surface area (Å²) in [7, 11) is 1.90. The molecule has 1 heterocycles. The van der Waals surface area contributed by atoms with Gasteiger partial charge in [0.05, 0.1) is 5.69 Å². The zero-order valence-electron chi connectivity index (χ0n) is 9.23. The molecule has 0 saturated heterocycles. The van der Waals surface area contributed by atoms with E-state index in [0.29, 0.717) is 5.92 Å². The first-order valence-corrected chi connectivity index (χ1v) is 6.23. The molecule has 84 valence electrons. The number of hydrogen-bond acceptors (Lipinski definition) is 4.